The summed E-state index contributed by atoms with van der Waals surface area (Å²) < 4.78 is 18.9. The van der Waals surface area contributed by atoms with Crippen molar-refractivity contribution >= 4 is 0 Å². The molecule has 0 radical (unpaired) electrons. The Balaban J connectivity index is 1.56. The third kappa shape index (κ3) is 24.0. The maximum absolute atomic E-state index is 6.77. The van der Waals surface area contributed by atoms with Crippen molar-refractivity contribution < 1.29 is 14.2 Å². The predicted molar refractivity (Wildman–Crippen MR) is 209 cm³/mol. The van der Waals surface area contributed by atoms with Gasteiger partial charge in [-0.25, -0.2) is 0 Å². The summed E-state index contributed by atoms with van der Waals surface area (Å²) in [5.74, 6) is -0.346. The van der Waals surface area contributed by atoms with E-state index >= 15 is 0 Å². The summed E-state index contributed by atoms with van der Waals surface area (Å²) in [6, 6.07) is 0. The van der Waals surface area contributed by atoms with Crippen molar-refractivity contribution in [1.82, 2.24) is 4.90 Å². The molecule has 2 aliphatic heterocycles. The van der Waals surface area contributed by atoms with Crippen LogP contribution in [0.1, 0.15) is 181 Å². The molecule has 0 N–H and O–H groups in total. The second-order valence-electron chi connectivity index (χ2n) is 14.5. The minimum Gasteiger partial charge on any atom is -0.379 e. The minimum absolute atomic E-state index is 0.206. The van der Waals surface area contributed by atoms with Gasteiger partial charge in [-0.15, -0.1) is 0 Å². The lowest BCUT2D eigenvalue weighted by atomic mass is 9.98. The second kappa shape index (κ2) is 31.8. The summed E-state index contributed by atoms with van der Waals surface area (Å²) >= 11 is 0. The van der Waals surface area contributed by atoms with Gasteiger partial charge in [-0.2, -0.15) is 0 Å². The molecule has 0 spiro atoms. The molecule has 0 aromatic carbocycles. The van der Waals surface area contributed by atoms with Crippen LogP contribution in [-0.2, 0) is 14.2 Å². The lowest BCUT2D eigenvalue weighted by Crippen LogP contribution is -2.42. The van der Waals surface area contributed by atoms with Crippen molar-refractivity contribution in [2.24, 2.45) is 0 Å². The molecule has 4 nitrogen and oxygen atoms in total. The first-order valence-electron chi connectivity index (χ1n) is 21.0. The van der Waals surface area contributed by atoms with E-state index in [-0.39, 0.29) is 11.9 Å². The quantitative estimate of drug-likeness (QED) is 0.0527. The minimum atomic E-state index is -0.346. The van der Waals surface area contributed by atoms with Gasteiger partial charge in [0.2, 0.25) is 0 Å². The molecule has 2 aliphatic rings. The van der Waals surface area contributed by atoms with Crippen molar-refractivity contribution in [3.63, 3.8) is 0 Å². The normalized spacial score (nSPS) is 18.9. The number of hydrogen-bond donors (Lipinski definition) is 0. The van der Waals surface area contributed by atoms with E-state index in [1.807, 2.05) is 0 Å². The van der Waals surface area contributed by atoms with Gasteiger partial charge in [0, 0.05) is 32.5 Å². The SMILES string of the molecule is CCCCC/C=C\C/C=C\CCCCCCCCC1(CCCCCCCC/C=C\C/C=C\CCCCC)OCC(CN2CCOCC2)O1. The Morgan fingerprint density at radius 2 is 0.938 bits per heavy atom. The van der Waals surface area contributed by atoms with Gasteiger partial charge in [-0.3, -0.25) is 4.90 Å². The van der Waals surface area contributed by atoms with E-state index < -0.39 is 0 Å². The molecule has 4 heteroatoms. The summed E-state index contributed by atoms with van der Waals surface area (Å²) in [5, 5.41) is 0. The van der Waals surface area contributed by atoms with Crippen LogP contribution in [0.3, 0.4) is 0 Å². The lowest BCUT2D eigenvalue weighted by molar-refractivity contribution is -0.181. The Morgan fingerprint density at radius 3 is 1.40 bits per heavy atom. The predicted octanol–water partition coefficient (Wildman–Crippen LogP) is 12.8. The van der Waals surface area contributed by atoms with Gasteiger partial charge in [0.05, 0.1) is 25.9 Å². The standard InChI is InChI=1S/C44H79NO3/c1-3-5-7-9-11-13-15-17-19-21-23-25-27-29-31-33-35-44(47-42-43(48-44)41-45-37-39-46-40-38-45)36-34-32-30-28-26-24-22-20-18-16-14-12-10-8-6-4-2/h11-14,17-20,43H,3-10,15-16,21-42H2,1-2H3/b13-11-,14-12-,19-17-,20-18-. The fourth-order valence-corrected chi connectivity index (χ4v) is 6.93. The molecule has 278 valence electrons. The van der Waals surface area contributed by atoms with Crippen LogP contribution < -0.4 is 0 Å². The van der Waals surface area contributed by atoms with Crippen molar-refractivity contribution in [3.05, 3.63) is 48.6 Å². The first kappa shape index (κ1) is 43.0. The fraction of sp³-hybridized carbons (Fsp3) is 0.818. The van der Waals surface area contributed by atoms with Crippen LogP contribution in [0.2, 0.25) is 0 Å². The third-order valence-electron chi connectivity index (χ3n) is 10.00. The van der Waals surface area contributed by atoms with Crippen LogP contribution in [0.25, 0.3) is 0 Å². The number of morpholine rings is 1. The Morgan fingerprint density at radius 1 is 0.521 bits per heavy atom. The van der Waals surface area contributed by atoms with Crippen LogP contribution in [0.4, 0.5) is 0 Å². The zero-order valence-electron chi connectivity index (χ0n) is 32.0. The van der Waals surface area contributed by atoms with Gasteiger partial charge < -0.3 is 14.2 Å². The van der Waals surface area contributed by atoms with Crippen LogP contribution >= 0.6 is 0 Å². The molecule has 2 rings (SSSR count). The number of rotatable bonds is 32. The number of unbranched alkanes of at least 4 members (excludes halogenated alkanes) is 18. The topological polar surface area (TPSA) is 30.9 Å². The smallest absolute Gasteiger partial charge is 0.168 e. The van der Waals surface area contributed by atoms with E-state index in [2.05, 4.69) is 67.4 Å². The number of ether oxygens (including phenoxy) is 3. The molecule has 0 saturated carbocycles. The highest BCUT2D eigenvalue weighted by atomic mass is 16.7. The van der Waals surface area contributed by atoms with Gasteiger partial charge in [0.1, 0.15) is 0 Å². The van der Waals surface area contributed by atoms with Crippen molar-refractivity contribution in [2.45, 2.75) is 193 Å². The van der Waals surface area contributed by atoms with Gasteiger partial charge in [0.15, 0.2) is 5.79 Å². The summed E-state index contributed by atoms with van der Waals surface area (Å²) in [4.78, 5) is 2.49. The molecule has 0 bridgehead atoms. The molecule has 0 aromatic heterocycles. The largest absolute Gasteiger partial charge is 0.379 e. The van der Waals surface area contributed by atoms with E-state index in [1.54, 1.807) is 0 Å². The summed E-state index contributed by atoms with van der Waals surface area (Å²) in [7, 11) is 0. The lowest BCUT2D eigenvalue weighted by Gasteiger charge is -2.31. The maximum atomic E-state index is 6.77. The second-order valence-corrected chi connectivity index (χ2v) is 14.5. The van der Waals surface area contributed by atoms with Gasteiger partial charge in [-0.05, 0) is 77.0 Å². The fourth-order valence-electron chi connectivity index (χ4n) is 6.93. The third-order valence-corrected chi connectivity index (χ3v) is 10.00. The van der Waals surface area contributed by atoms with Crippen molar-refractivity contribution in [1.29, 1.82) is 0 Å². The van der Waals surface area contributed by atoms with Gasteiger partial charge in [-0.1, -0.05) is 140 Å². The Hall–Kier alpha value is -1.20. The summed E-state index contributed by atoms with van der Waals surface area (Å²) in [5.41, 5.74) is 0. The van der Waals surface area contributed by atoms with E-state index in [4.69, 9.17) is 14.2 Å². The maximum Gasteiger partial charge on any atom is 0.168 e. The zero-order chi connectivity index (χ0) is 34.1. The molecule has 48 heavy (non-hydrogen) atoms. The molecule has 0 amide bonds. The van der Waals surface area contributed by atoms with Gasteiger partial charge >= 0.3 is 0 Å². The average molecular weight is 670 g/mol. The zero-order valence-corrected chi connectivity index (χ0v) is 32.0. The van der Waals surface area contributed by atoms with Crippen molar-refractivity contribution in [3.8, 4) is 0 Å². The van der Waals surface area contributed by atoms with E-state index in [9.17, 15) is 0 Å². The molecular formula is C44H79NO3. The monoisotopic (exact) mass is 670 g/mol. The molecular weight excluding hydrogens is 590 g/mol. The van der Waals surface area contributed by atoms with E-state index in [0.29, 0.717) is 0 Å². The van der Waals surface area contributed by atoms with E-state index in [0.717, 1.165) is 65.1 Å². The molecule has 2 saturated heterocycles. The van der Waals surface area contributed by atoms with Crippen molar-refractivity contribution in [2.75, 3.05) is 39.5 Å². The Labute approximate surface area is 299 Å². The molecule has 1 atom stereocenters. The van der Waals surface area contributed by atoms with Crippen LogP contribution in [0.15, 0.2) is 48.6 Å². The molecule has 1 unspecified atom stereocenters. The highest BCUT2D eigenvalue weighted by molar-refractivity contribution is 4.93. The van der Waals surface area contributed by atoms with Crippen LogP contribution in [-0.4, -0.2) is 56.2 Å². The van der Waals surface area contributed by atoms with E-state index in [1.165, 1.54) is 141 Å². The van der Waals surface area contributed by atoms with Gasteiger partial charge in [0.25, 0.3) is 0 Å². The highest BCUT2D eigenvalue weighted by Gasteiger charge is 2.41. The Bertz CT molecular complexity index is 764. The Kier molecular flexibility index (Phi) is 28.4. The molecule has 2 heterocycles. The average Bonchev–Trinajstić information content (AvgIpc) is 3.50. The first-order chi connectivity index (χ1) is 23.8. The van der Waals surface area contributed by atoms with Crippen LogP contribution in [0, 0.1) is 0 Å². The summed E-state index contributed by atoms with van der Waals surface area (Å²) in [6.07, 6.45) is 52.1. The highest BCUT2D eigenvalue weighted by Crippen LogP contribution is 2.35. The summed E-state index contributed by atoms with van der Waals surface area (Å²) in [6.45, 7) is 10.0. The number of nitrogens with zero attached hydrogens (tertiary/aromatic N) is 1. The molecule has 2 fully saturated rings. The first-order valence-corrected chi connectivity index (χ1v) is 21.0. The number of hydrogen-bond acceptors (Lipinski definition) is 4. The molecule has 0 aliphatic carbocycles. The number of allylic oxidation sites excluding steroid dienone is 8. The van der Waals surface area contributed by atoms with Crippen LogP contribution in [0.5, 0.6) is 0 Å². The molecule has 0 aromatic rings.